The third kappa shape index (κ3) is 3.61. The number of rotatable bonds is 6. The fourth-order valence-corrected chi connectivity index (χ4v) is 1.82. The number of amides is 1. The first-order valence-corrected chi connectivity index (χ1v) is 6.35. The Balaban J connectivity index is 2.13. The number of nitrogens with one attached hydrogen (secondary N) is 1. The van der Waals surface area contributed by atoms with E-state index in [0.29, 0.717) is 13.0 Å². The van der Waals surface area contributed by atoms with Gasteiger partial charge < -0.3 is 5.32 Å². The monoisotopic (exact) mass is 259 g/mol. The Morgan fingerprint density at radius 2 is 2.16 bits per heavy atom. The number of benzene rings is 1. The smallest absolute Gasteiger partial charge is 0.245 e. The van der Waals surface area contributed by atoms with E-state index < -0.39 is 6.04 Å². The Morgan fingerprint density at radius 1 is 1.37 bits per heavy atom. The predicted molar refractivity (Wildman–Crippen MR) is 70.3 cm³/mol. The van der Waals surface area contributed by atoms with Gasteiger partial charge in [-0.3, -0.25) is 4.79 Å². The highest BCUT2D eigenvalue weighted by Gasteiger charge is 2.21. The molecule has 2 aromatic rings. The highest BCUT2D eigenvalue weighted by atomic mass is 16.2. The van der Waals surface area contributed by atoms with Gasteiger partial charge in [0.25, 0.3) is 0 Å². The topological polar surface area (TPSA) is 72.7 Å². The van der Waals surface area contributed by atoms with Crippen molar-refractivity contribution in [2.24, 2.45) is 0 Å². The second-order valence-electron chi connectivity index (χ2n) is 4.29. The van der Waals surface area contributed by atoms with E-state index in [4.69, 9.17) is 0 Å². The molecule has 1 aromatic heterocycles. The molecule has 1 atom stereocenters. The largest absolute Gasteiger partial charge is 0.354 e. The van der Waals surface area contributed by atoms with Crippen LogP contribution in [0.5, 0.6) is 0 Å². The van der Waals surface area contributed by atoms with Crippen molar-refractivity contribution in [1.82, 2.24) is 25.5 Å². The van der Waals surface area contributed by atoms with Crippen molar-refractivity contribution >= 4 is 5.91 Å². The molecule has 0 saturated carbocycles. The van der Waals surface area contributed by atoms with Crippen molar-refractivity contribution in [3.05, 3.63) is 42.2 Å². The Bertz CT molecular complexity index is 497. The van der Waals surface area contributed by atoms with Crippen molar-refractivity contribution < 1.29 is 4.79 Å². The minimum absolute atomic E-state index is 0.0574. The number of tetrazole rings is 1. The summed E-state index contributed by atoms with van der Waals surface area (Å²) in [7, 11) is 0. The Labute approximate surface area is 111 Å². The summed E-state index contributed by atoms with van der Waals surface area (Å²) in [5.41, 5.74) is 1.08. The summed E-state index contributed by atoms with van der Waals surface area (Å²) in [4.78, 5) is 12.2. The third-order valence-electron chi connectivity index (χ3n) is 2.81. The molecule has 1 N–H and O–H groups in total. The maximum atomic E-state index is 12.2. The van der Waals surface area contributed by atoms with Crippen LogP contribution in [0.2, 0.25) is 0 Å². The van der Waals surface area contributed by atoms with Crippen LogP contribution >= 0.6 is 0 Å². The van der Waals surface area contributed by atoms with E-state index in [9.17, 15) is 4.79 Å². The third-order valence-corrected chi connectivity index (χ3v) is 2.81. The molecule has 1 heterocycles. The number of hydrogen-bond donors (Lipinski definition) is 1. The number of carbonyl (C=O) groups is 1. The Morgan fingerprint density at radius 3 is 2.79 bits per heavy atom. The zero-order chi connectivity index (χ0) is 13.5. The lowest BCUT2D eigenvalue weighted by Gasteiger charge is -2.16. The van der Waals surface area contributed by atoms with E-state index in [1.54, 1.807) is 0 Å². The number of aromatic nitrogens is 4. The summed E-state index contributed by atoms with van der Waals surface area (Å²) in [6, 6.07) is 9.43. The molecule has 0 fully saturated rings. The van der Waals surface area contributed by atoms with Gasteiger partial charge in [-0.2, -0.15) is 0 Å². The first-order chi connectivity index (χ1) is 9.31. The van der Waals surface area contributed by atoms with Gasteiger partial charge in [0.2, 0.25) is 5.91 Å². The van der Waals surface area contributed by atoms with Crippen LogP contribution in [0.15, 0.2) is 36.7 Å². The molecule has 0 aliphatic heterocycles. The molecule has 6 nitrogen and oxygen atoms in total. The first-order valence-electron chi connectivity index (χ1n) is 6.35. The minimum atomic E-state index is -0.413. The molecule has 6 heteroatoms. The van der Waals surface area contributed by atoms with E-state index >= 15 is 0 Å². The normalized spacial score (nSPS) is 12.1. The maximum Gasteiger partial charge on any atom is 0.245 e. The van der Waals surface area contributed by atoms with E-state index in [-0.39, 0.29) is 5.91 Å². The molecule has 0 aliphatic carbocycles. The van der Waals surface area contributed by atoms with Crippen LogP contribution in [-0.2, 0) is 11.2 Å². The summed E-state index contributed by atoms with van der Waals surface area (Å²) >= 11 is 0. The maximum absolute atomic E-state index is 12.2. The fraction of sp³-hybridized carbons (Fsp3) is 0.385. The molecule has 0 bridgehead atoms. The molecule has 0 aliphatic rings. The number of hydrogen-bond acceptors (Lipinski definition) is 4. The van der Waals surface area contributed by atoms with Crippen LogP contribution < -0.4 is 5.32 Å². The quantitative estimate of drug-likeness (QED) is 0.839. The van der Waals surface area contributed by atoms with Gasteiger partial charge in [0, 0.05) is 13.0 Å². The second-order valence-corrected chi connectivity index (χ2v) is 4.29. The average Bonchev–Trinajstić information content (AvgIpc) is 2.97. The van der Waals surface area contributed by atoms with Crippen LogP contribution in [0.4, 0.5) is 0 Å². The minimum Gasteiger partial charge on any atom is -0.354 e. The molecule has 100 valence electrons. The molecule has 0 saturated heterocycles. The van der Waals surface area contributed by atoms with Gasteiger partial charge in [-0.1, -0.05) is 37.3 Å². The van der Waals surface area contributed by atoms with E-state index in [1.807, 2.05) is 37.3 Å². The Hall–Kier alpha value is -2.24. The summed E-state index contributed by atoms with van der Waals surface area (Å²) in [6.45, 7) is 2.68. The van der Waals surface area contributed by atoms with Gasteiger partial charge in [0.05, 0.1) is 0 Å². The van der Waals surface area contributed by atoms with Crippen molar-refractivity contribution in [2.75, 3.05) is 6.54 Å². The van der Waals surface area contributed by atoms with Crippen LogP contribution in [0.25, 0.3) is 0 Å². The lowest BCUT2D eigenvalue weighted by molar-refractivity contribution is -0.124. The van der Waals surface area contributed by atoms with Crippen molar-refractivity contribution in [1.29, 1.82) is 0 Å². The van der Waals surface area contributed by atoms with Gasteiger partial charge in [-0.15, -0.1) is 5.10 Å². The molecule has 1 amide bonds. The molecule has 2 rings (SSSR count). The van der Waals surface area contributed by atoms with Crippen LogP contribution in [-0.4, -0.2) is 32.7 Å². The van der Waals surface area contributed by atoms with Gasteiger partial charge in [0.15, 0.2) is 0 Å². The zero-order valence-corrected chi connectivity index (χ0v) is 10.9. The molecule has 19 heavy (non-hydrogen) atoms. The average molecular weight is 259 g/mol. The number of nitrogens with zero attached hydrogens (tertiary/aromatic N) is 4. The first kappa shape index (κ1) is 13.2. The van der Waals surface area contributed by atoms with Gasteiger partial charge in [-0.05, 0) is 22.4 Å². The van der Waals surface area contributed by atoms with Gasteiger partial charge in [-0.25, -0.2) is 4.68 Å². The van der Waals surface area contributed by atoms with E-state index in [2.05, 4.69) is 20.8 Å². The lowest BCUT2D eigenvalue weighted by atomic mass is 10.1. The Kier molecular flexibility index (Phi) is 4.60. The SMILES string of the molecule is CCCNC(=O)[C@H](Cc1ccccc1)n1cnnn1. The molecule has 0 unspecified atom stereocenters. The standard InChI is InChI=1S/C13H17N5O/c1-2-8-14-13(19)12(18-10-15-16-17-18)9-11-6-4-3-5-7-11/h3-7,10,12H,2,8-9H2,1H3,(H,14,19)/t12-/m0/s1. The number of carbonyl (C=O) groups excluding carboxylic acids is 1. The van der Waals surface area contributed by atoms with Gasteiger partial charge in [0.1, 0.15) is 12.4 Å². The van der Waals surface area contributed by atoms with Crippen molar-refractivity contribution in [2.45, 2.75) is 25.8 Å². The van der Waals surface area contributed by atoms with Crippen LogP contribution in [0.1, 0.15) is 24.9 Å². The fourth-order valence-electron chi connectivity index (χ4n) is 1.82. The van der Waals surface area contributed by atoms with Crippen LogP contribution in [0.3, 0.4) is 0 Å². The van der Waals surface area contributed by atoms with Crippen molar-refractivity contribution in [3.8, 4) is 0 Å². The summed E-state index contributed by atoms with van der Waals surface area (Å²) in [5, 5.41) is 13.9. The summed E-state index contributed by atoms with van der Waals surface area (Å²) < 4.78 is 1.50. The molecule has 0 radical (unpaired) electrons. The molecular formula is C13H17N5O. The van der Waals surface area contributed by atoms with Gasteiger partial charge >= 0.3 is 0 Å². The highest BCUT2D eigenvalue weighted by Crippen LogP contribution is 2.13. The van der Waals surface area contributed by atoms with E-state index in [0.717, 1.165) is 12.0 Å². The molecule has 0 spiro atoms. The molecular weight excluding hydrogens is 242 g/mol. The van der Waals surface area contributed by atoms with Crippen molar-refractivity contribution in [3.63, 3.8) is 0 Å². The summed E-state index contributed by atoms with van der Waals surface area (Å²) in [5.74, 6) is -0.0574. The lowest BCUT2D eigenvalue weighted by Crippen LogP contribution is -2.34. The summed E-state index contributed by atoms with van der Waals surface area (Å²) in [6.07, 6.45) is 2.94. The molecule has 1 aromatic carbocycles. The highest BCUT2D eigenvalue weighted by molar-refractivity contribution is 5.80. The van der Waals surface area contributed by atoms with Crippen LogP contribution in [0, 0.1) is 0 Å². The zero-order valence-electron chi connectivity index (χ0n) is 10.9. The predicted octanol–water partition coefficient (Wildman–Crippen LogP) is 0.983. The van der Waals surface area contributed by atoms with E-state index in [1.165, 1.54) is 11.0 Å². The second kappa shape index (κ2) is 6.63.